The normalized spacial score (nSPS) is 14.5. The molecule has 192 valence electrons. The van der Waals surface area contributed by atoms with Crippen molar-refractivity contribution >= 4 is 28.3 Å². The Morgan fingerprint density at radius 2 is 1.81 bits per heavy atom. The van der Waals surface area contributed by atoms with E-state index < -0.39 is 0 Å². The zero-order valence-corrected chi connectivity index (χ0v) is 21.9. The van der Waals surface area contributed by atoms with Gasteiger partial charge in [-0.25, -0.2) is 4.98 Å². The van der Waals surface area contributed by atoms with E-state index in [1.165, 1.54) is 5.56 Å². The molecule has 0 atom stereocenters. The van der Waals surface area contributed by atoms with Crippen molar-refractivity contribution in [3.05, 3.63) is 78.1 Å². The van der Waals surface area contributed by atoms with Crippen molar-refractivity contribution in [1.29, 1.82) is 0 Å². The van der Waals surface area contributed by atoms with E-state index in [2.05, 4.69) is 45.9 Å². The summed E-state index contributed by atoms with van der Waals surface area (Å²) in [5, 5.41) is 3.97. The summed E-state index contributed by atoms with van der Waals surface area (Å²) in [6.45, 7) is 2.23. The van der Waals surface area contributed by atoms with Crippen molar-refractivity contribution in [2.45, 2.75) is 18.8 Å². The van der Waals surface area contributed by atoms with E-state index in [4.69, 9.17) is 4.74 Å². The van der Waals surface area contributed by atoms with Gasteiger partial charge in [0, 0.05) is 50.6 Å². The average molecular weight is 499 g/mol. The summed E-state index contributed by atoms with van der Waals surface area (Å²) in [5.41, 5.74) is 7.06. The van der Waals surface area contributed by atoms with Crippen LogP contribution in [0, 0.1) is 0 Å². The van der Waals surface area contributed by atoms with E-state index in [1.807, 2.05) is 61.2 Å². The first kappa shape index (κ1) is 24.6. The van der Waals surface area contributed by atoms with E-state index in [9.17, 15) is 4.79 Å². The van der Waals surface area contributed by atoms with Gasteiger partial charge in [0.15, 0.2) is 5.75 Å². The molecule has 2 aromatic heterocycles. The number of piperidine rings is 1. The molecule has 0 spiro atoms. The molecule has 2 aromatic carbocycles. The van der Waals surface area contributed by atoms with Gasteiger partial charge in [-0.15, -0.1) is 0 Å². The molecule has 1 aliphatic heterocycles. The average Bonchev–Trinajstić information content (AvgIpc) is 3.31. The minimum atomic E-state index is -0.191. The molecule has 8 heteroatoms. The second-order valence-corrected chi connectivity index (χ2v) is 9.82. The SMILES string of the molecule is CNn1ccc2cc(Oc3ccnc(NC(=O)c4ccc(C5CCN(C)CC5)cc4)c3)c(N(C)C)cc21. The second kappa shape index (κ2) is 10.5. The lowest BCUT2D eigenvalue weighted by Gasteiger charge is -2.29. The highest BCUT2D eigenvalue weighted by atomic mass is 16.5. The van der Waals surface area contributed by atoms with Gasteiger partial charge in [-0.3, -0.25) is 9.47 Å². The van der Waals surface area contributed by atoms with Crippen LogP contribution in [0.4, 0.5) is 11.5 Å². The molecule has 1 amide bonds. The van der Waals surface area contributed by atoms with E-state index >= 15 is 0 Å². The molecular formula is C29H34N6O2. The number of likely N-dealkylation sites (tertiary alicyclic amines) is 1. The zero-order chi connectivity index (χ0) is 25.9. The van der Waals surface area contributed by atoms with Crippen LogP contribution < -0.4 is 20.4 Å². The number of benzene rings is 2. The Hall–Kier alpha value is -4.04. The first-order valence-electron chi connectivity index (χ1n) is 12.6. The molecule has 1 saturated heterocycles. The third kappa shape index (κ3) is 5.39. The molecular weight excluding hydrogens is 464 g/mol. The molecule has 0 saturated carbocycles. The van der Waals surface area contributed by atoms with Crippen molar-refractivity contribution in [2.75, 3.05) is 56.9 Å². The Kier molecular flexibility index (Phi) is 7.01. The largest absolute Gasteiger partial charge is 0.455 e. The zero-order valence-electron chi connectivity index (χ0n) is 21.9. The number of nitrogens with one attached hydrogen (secondary N) is 2. The number of ether oxygens (including phenoxy) is 1. The Balaban J connectivity index is 1.30. The summed E-state index contributed by atoms with van der Waals surface area (Å²) in [6, 6.07) is 17.6. The van der Waals surface area contributed by atoms with Crippen molar-refractivity contribution in [3.63, 3.8) is 0 Å². The van der Waals surface area contributed by atoms with Gasteiger partial charge in [-0.05, 0) is 80.9 Å². The first-order chi connectivity index (χ1) is 17.9. The van der Waals surface area contributed by atoms with Crippen LogP contribution in [-0.4, -0.2) is 61.7 Å². The number of fused-ring (bicyclic) bond motifs is 1. The van der Waals surface area contributed by atoms with Gasteiger partial charge in [-0.1, -0.05) is 12.1 Å². The van der Waals surface area contributed by atoms with Crippen molar-refractivity contribution in [2.24, 2.45) is 0 Å². The molecule has 4 aromatic rings. The fourth-order valence-corrected chi connectivity index (χ4v) is 4.88. The van der Waals surface area contributed by atoms with Gasteiger partial charge in [0.1, 0.15) is 11.6 Å². The number of amides is 1. The fraction of sp³-hybridized carbons (Fsp3) is 0.310. The molecule has 1 aliphatic rings. The van der Waals surface area contributed by atoms with Gasteiger partial charge in [0.25, 0.3) is 5.91 Å². The van der Waals surface area contributed by atoms with Crippen LogP contribution in [0.15, 0.2) is 67.0 Å². The van der Waals surface area contributed by atoms with Gasteiger partial charge >= 0.3 is 0 Å². The fourth-order valence-electron chi connectivity index (χ4n) is 4.88. The van der Waals surface area contributed by atoms with Crippen LogP contribution in [0.2, 0.25) is 0 Å². The minimum absolute atomic E-state index is 0.191. The standard InChI is InChI=1S/C29H34N6O2/c1-30-35-16-12-23-17-27(26(33(2)3)19-25(23)35)37-24-9-13-31-28(18-24)32-29(36)22-7-5-20(6-8-22)21-10-14-34(4)15-11-21/h5-9,12-13,16-19,21,30H,10-11,14-15H2,1-4H3,(H,31,32,36). The number of anilines is 2. The second-order valence-electron chi connectivity index (χ2n) is 9.82. The summed E-state index contributed by atoms with van der Waals surface area (Å²) in [4.78, 5) is 21.6. The molecule has 8 nitrogen and oxygen atoms in total. The number of hydrogen-bond donors (Lipinski definition) is 2. The third-order valence-corrected chi connectivity index (χ3v) is 7.06. The number of hydrogen-bond acceptors (Lipinski definition) is 6. The number of carbonyl (C=O) groups is 1. The summed E-state index contributed by atoms with van der Waals surface area (Å²) < 4.78 is 8.24. The molecule has 37 heavy (non-hydrogen) atoms. The highest BCUT2D eigenvalue weighted by Gasteiger charge is 2.19. The smallest absolute Gasteiger partial charge is 0.256 e. The monoisotopic (exact) mass is 498 g/mol. The van der Waals surface area contributed by atoms with Gasteiger partial charge in [-0.2, -0.15) is 0 Å². The van der Waals surface area contributed by atoms with Gasteiger partial charge in [0.05, 0.1) is 11.2 Å². The van der Waals surface area contributed by atoms with Crippen molar-refractivity contribution in [3.8, 4) is 11.5 Å². The van der Waals surface area contributed by atoms with Crippen LogP contribution in [0.3, 0.4) is 0 Å². The Labute approximate surface area is 217 Å². The van der Waals surface area contributed by atoms with Crippen LogP contribution in [-0.2, 0) is 0 Å². The molecule has 5 rings (SSSR count). The topological polar surface area (TPSA) is 74.7 Å². The molecule has 0 unspecified atom stereocenters. The third-order valence-electron chi connectivity index (χ3n) is 7.06. The lowest BCUT2D eigenvalue weighted by atomic mass is 9.89. The maximum Gasteiger partial charge on any atom is 0.256 e. The number of pyridine rings is 1. The number of carbonyl (C=O) groups excluding carboxylic acids is 1. The van der Waals surface area contributed by atoms with Crippen LogP contribution in [0.25, 0.3) is 10.9 Å². The van der Waals surface area contributed by atoms with E-state index in [0.29, 0.717) is 23.0 Å². The molecule has 0 bridgehead atoms. The lowest BCUT2D eigenvalue weighted by molar-refractivity contribution is 0.102. The van der Waals surface area contributed by atoms with E-state index in [-0.39, 0.29) is 5.91 Å². The quantitative estimate of drug-likeness (QED) is 0.368. The number of aromatic nitrogens is 2. The maximum atomic E-state index is 12.9. The Morgan fingerprint density at radius 3 is 2.51 bits per heavy atom. The molecule has 0 aliphatic carbocycles. The summed E-state index contributed by atoms with van der Waals surface area (Å²) >= 11 is 0. The number of nitrogens with zero attached hydrogens (tertiary/aromatic N) is 4. The summed E-state index contributed by atoms with van der Waals surface area (Å²) in [6.07, 6.45) is 5.93. The van der Waals surface area contributed by atoms with E-state index in [0.717, 1.165) is 48.3 Å². The Morgan fingerprint density at radius 1 is 1.05 bits per heavy atom. The highest BCUT2D eigenvalue weighted by Crippen LogP contribution is 2.36. The summed E-state index contributed by atoms with van der Waals surface area (Å²) in [7, 11) is 8.02. The predicted octanol–water partition coefficient (Wildman–Crippen LogP) is 5.13. The first-order valence-corrected chi connectivity index (χ1v) is 12.6. The predicted molar refractivity (Wildman–Crippen MR) is 150 cm³/mol. The molecule has 0 radical (unpaired) electrons. The lowest BCUT2D eigenvalue weighted by Crippen LogP contribution is -2.29. The highest BCUT2D eigenvalue weighted by molar-refractivity contribution is 6.03. The molecule has 2 N–H and O–H groups in total. The minimum Gasteiger partial charge on any atom is -0.455 e. The van der Waals surface area contributed by atoms with Gasteiger partial charge < -0.3 is 25.3 Å². The van der Waals surface area contributed by atoms with E-state index in [1.54, 1.807) is 18.3 Å². The van der Waals surface area contributed by atoms with Gasteiger partial charge in [0.2, 0.25) is 0 Å². The van der Waals surface area contributed by atoms with Crippen molar-refractivity contribution in [1.82, 2.24) is 14.6 Å². The molecule has 3 heterocycles. The van der Waals surface area contributed by atoms with Crippen molar-refractivity contribution < 1.29 is 9.53 Å². The van der Waals surface area contributed by atoms with Crippen LogP contribution in [0.1, 0.15) is 34.7 Å². The van der Waals surface area contributed by atoms with Crippen LogP contribution >= 0.6 is 0 Å². The molecule has 1 fully saturated rings. The Bertz CT molecular complexity index is 1390. The van der Waals surface area contributed by atoms with Crippen LogP contribution in [0.5, 0.6) is 11.5 Å². The number of rotatable bonds is 7. The maximum absolute atomic E-state index is 12.9. The summed E-state index contributed by atoms with van der Waals surface area (Å²) in [5.74, 6) is 2.13.